The van der Waals surface area contributed by atoms with Gasteiger partial charge in [0.05, 0.1) is 23.1 Å². The Kier molecular flexibility index (Phi) is 4.85. The molecule has 0 aliphatic carbocycles. The lowest BCUT2D eigenvalue weighted by Crippen LogP contribution is -2.64. The highest BCUT2D eigenvalue weighted by Gasteiger charge is 2.57. The second-order valence-electron chi connectivity index (χ2n) is 8.18. The van der Waals surface area contributed by atoms with Gasteiger partial charge >= 0.3 is 0 Å². The lowest BCUT2D eigenvalue weighted by Gasteiger charge is -2.42. The highest BCUT2D eigenvalue weighted by molar-refractivity contribution is 7.10. The Morgan fingerprint density at radius 3 is 2.73 bits per heavy atom. The molecule has 1 unspecified atom stereocenters. The Morgan fingerprint density at radius 1 is 1.18 bits per heavy atom. The number of rotatable bonds is 3. The van der Waals surface area contributed by atoms with Crippen LogP contribution in [0.4, 0.5) is 5.82 Å². The number of nitrogens with zero attached hydrogens (tertiary/aromatic N) is 5. The summed E-state index contributed by atoms with van der Waals surface area (Å²) in [5, 5.41) is 32.0. The van der Waals surface area contributed by atoms with E-state index in [4.69, 9.17) is 10.7 Å². The minimum absolute atomic E-state index is 0.0623. The first-order valence-corrected chi connectivity index (χ1v) is 11.2. The quantitative estimate of drug-likeness (QED) is 0.629. The predicted molar refractivity (Wildman–Crippen MR) is 124 cm³/mol. The van der Waals surface area contributed by atoms with Gasteiger partial charge < -0.3 is 10.2 Å². The molecule has 0 bridgehead atoms. The summed E-state index contributed by atoms with van der Waals surface area (Å²) in [4.78, 5) is 22.0. The van der Waals surface area contributed by atoms with E-state index in [-0.39, 0.29) is 11.9 Å². The van der Waals surface area contributed by atoms with Gasteiger partial charge in [-0.2, -0.15) is 10.5 Å². The van der Waals surface area contributed by atoms with Crippen molar-refractivity contribution < 1.29 is 4.79 Å². The van der Waals surface area contributed by atoms with Crippen LogP contribution < -0.4 is 10.2 Å². The number of pyridine rings is 1. The van der Waals surface area contributed by atoms with Crippen molar-refractivity contribution in [2.45, 2.75) is 5.54 Å². The summed E-state index contributed by atoms with van der Waals surface area (Å²) < 4.78 is 0. The molecule has 2 fully saturated rings. The molecule has 1 amide bonds. The first-order valence-electron chi connectivity index (χ1n) is 10.3. The molecule has 0 saturated carbocycles. The van der Waals surface area contributed by atoms with Crippen molar-refractivity contribution in [1.29, 1.82) is 15.9 Å². The van der Waals surface area contributed by atoms with Gasteiger partial charge in [0, 0.05) is 31.2 Å². The summed E-state index contributed by atoms with van der Waals surface area (Å²) in [5.74, 6) is 0.222. The van der Waals surface area contributed by atoms with Crippen LogP contribution in [0.5, 0.6) is 0 Å². The van der Waals surface area contributed by atoms with Crippen molar-refractivity contribution in [2.24, 2.45) is 5.92 Å². The van der Waals surface area contributed by atoms with Gasteiger partial charge in [-0.1, -0.05) is 12.1 Å². The SMILES string of the molecule is CN1C(=N)N[C@@]2(c3cc(-c4cccc(C#N)c4)cs3)CN(c3ccc(C#N)cn3)CC2C1=O. The fraction of sp³-hybridized carbons (Fsp3) is 0.208. The van der Waals surface area contributed by atoms with Crippen molar-refractivity contribution in [3.05, 3.63) is 70.0 Å². The number of hydrogen-bond acceptors (Lipinski definition) is 7. The maximum Gasteiger partial charge on any atom is 0.236 e. The number of aromatic nitrogens is 1. The minimum atomic E-state index is -0.772. The summed E-state index contributed by atoms with van der Waals surface area (Å²) in [6.45, 7) is 0.899. The molecule has 2 saturated heterocycles. The molecule has 0 radical (unpaired) electrons. The summed E-state index contributed by atoms with van der Waals surface area (Å²) in [6, 6.07) is 17.2. The second-order valence-corrected chi connectivity index (χ2v) is 9.10. The number of guanidine groups is 1. The topological polar surface area (TPSA) is 120 Å². The van der Waals surface area contributed by atoms with Gasteiger partial charge in [0.15, 0.2) is 5.96 Å². The predicted octanol–water partition coefficient (Wildman–Crippen LogP) is 2.88. The molecule has 9 heteroatoms. The molecule has 0 spiro atoms. The molecule has 1 aromatic carbocycles. The molecular weight excluding hydrogens is 434 g/mol. The summed E-state index contributed by atoms with van der Waals surface area (Å²) in [7, 11) is 1.61. The lowest BCUT2D eigenvalue weighted by molar-refractivity contribution is -0.133. The number of hydrogen-bond donors (Lipinski definition) is 2. The van der Waals surface area contributed by atoms with E-state index in [0.717, 1.165) is 16.0 Å². The van der Waals surface area contributed by atoms with E-state index in [9.17, 15) is 10.1 Å². The standard InChI is InChI=1S/C24H19N7OS/c1-30-22(32)19-12-31(21-6-5-16(10-26)11-28-21)14-24(19,29-23(30)27)20-8-18(13-33-20)17-4-2-3-15(7-17)9-25/h2-8,11,13,19H,12,14H2,1H3,(H2,27,29)/t19?,24-/m0/s1. The van der Waals surface area contributed by atoms with Gasteiger partial charge in [-0.15, -0.1) is 11.3 Å². The molecule has 162 valence electrons. The van der Waals surface area contributed by atoms with Crippen molar-refractivity contribution in [1.82, 2.24) is 15.2 Å². The largest absolute Gasteiger partial charge is 0.353 e. The Labute approximate surface area is 194 Å². The van der Waals surface area contributed by atoms with E-state index < -0.39 is 11.5 Å². The van der Waals surface area contributed by atoms with Crippen LogP contribution in [0.2, 0.25) is 0 Å². The average molecular weight is 454 g/mol. The molecule has 2 atom stereocenters. The summed E-state index contributed by atoms with van der Waals surface area (Å²) in [6.07, 6.45) is 1.53. The number of carbonyl (C=O) groups excluding carboxylic acids is 1. The molecule has 4 heterocycles. The van der Waals surface area contributed by atoms with E-state index >= 15 is 0 Å². The number of carbonyl (C=O) groups is 1. The van der Waals surface area contributed by atoms with Crippen LogP contribution in [0.3, 0.4) is 0 Å². The van der Waals surface area contributed by atoms with E-state index in [0.29, 0.717) is 30.0 Å². The highest BCUT2D eigenvalue weighted by Crippen LogP contribution is 2.45. The van der Waals surface area contributed by atoms with Gasteiger partial charge in [-0.25, -0.2) is 4.98 Å². The number of anilines is 1. The highest BCUT2D eigenvalue weighted by atomic mass is 32.1. The number of nitrogens with one attached hydrogen (secondary N) is 2. The number of amides is 1. The molecule has 2 aliphatic rings. The van der Waals surface area contributed by atoms with Gasteiger partial charge in [0.25, 0.3) is 0 Å². The number of thiophene rings is 1. The van der Waals surface area contributed by atoms with Crippen LogP contribution >= 0.6 is 11.3 Å². The Bertz CT molecular complexity index is 1350. The van der Waals surface area contributed by atoms with Crippen molar-refractivity contribution in [3.63, 3.8) is 0 Å². The molecule has 3 aromatic rings. The van der Waals surface area contributed by atoms with Crippen molar-refractivity contribution in [3.8, 4) is 23.3 Å². The van der Waals surface area contributed by atoms with E-state index in [1.54, 1.807) is 25.2 Å². The van der Waals surface area contributed by atoms with E-state index in [2.05, 4.69) is 22.4 Å². The molecule has 5 rings (SSSR count). The number of fused-ring (bicyclic) bond motifs is 1. The smallest absolute Gasteiger partial charge is 0.236 e. The molecule has 8 nitrogen and oxygen atoms in total. The average Bonchev–Trinajstić information content (AvgIpc) is 3.49. The van der Waals surface area contributed by atoms with Gasteiger partial charge in [-0.3, -0.25) is 15.1 Å². The maximum atomic E-state index is 13.3. The molecule has 33 heavy (non-hydrogen) atoms. The zero-order chi connectivity index (χ0) is 23.2. The molecule has 2 aliphatic heterocycles. The summed E-state index contributed by atoms with van der Waals surface area (Å²) >= 11 is 1.54. The normalized spacial score (nSPS) is 21.8. The summed E-state index contributed by atoms with van der Waals surface area (Å²) in [5.41, 5.74) is 2.19. The van der Waals surface area contributed by atoms with Crippen LogP contribution in [0, 0.1) is 34.0 Å². The maximum absolute atomic E-state index is 13.3. The molecule has 2 N–H and O–H groups in total. The Hall–Kier alpha value is -4.21. The van der Waals surface area contributed by atoms with E-state index in [1.807, 2.05) is 34.5 Å². The van der Waals surface area contributed by atoms with Crippen molar-refractivity contribution in [2.75, 3.05) is 25.0 Å². The third kappa shape index (κ3) is 3.30. The zero-order valence-corrected chi connectivity index (χ0v) is 18.6. The fourth-order valence-electron chi connectivity index (χ4n) is 4.52. The Morgan fingerprint density at radius 2 is 2.00 bits per heavy atom. The lowest BCUT2D eigenvalue weighted by atomic mass is 9.82. The fourth-order valence-corrected chi connectivity index (χ4v) is 5.64. The van der Waals surface area contributed by atoms with Crippen LogP contribution in [0.1, 0.15) is 16.0 Å². The molecular formula is C24H19N7OS. The first kappa shape index (κ1) is 20.7. The van der Waals surface area contributed by atoms with Crippen LogP contribution in [0.15, 0.2) is 54.0 Å². The van der Waals surface area contributed by atoms with Gasteiger partial charge in [0.2, 0.25) is 5.91 Å². The zero-order valence-electron chi connectivity index (χ0n) is 17.7. The van der Waals surface area contributed by atoms with E-state index in [1.165, 1.54) is 22.4 Å². The third-order valence-electron chi connectivity index (χ3n) is 6.31. The van der Waals surface area contributed by atoms with Crippen LogP contribution in [-0.4, -0.2) is 41.9 Å². The van der Waals surface area contributed by atoms with Crippen molar-refractivity contribution >= 4 is 29.0 Å². The van der Waals surface area contributed by atoms with Crippen LogP contribution in [0.25, 0.3) is 11.1 Å². The number of benzene rings is 1. The third-order valence-corrected chi connectivity index (χ3v) is 7.42. The van der Waals surface area contributed by atoms with Crippen LogP contribution in [-0.2, 0) is 10.3 Å². The first-order chi connectivity index (χ1) is 15.9. The second kappa shape index (κ2) is 7.73. The molecule has 2 aromatic heterocycles. The van der Waals surface area contributed by atoms with Gasteiger partial charge in [0.1, 0.15) is 17.4 Å². The number of nitriles is 2. The van der Waals surface area contributed by atoms with Gasteiger partial charge in [-0.05, 0) is 46.8 Å². The minimum Gasteiger partial charge on any atom is -0.353 e. The monoisotopic (exact) mass is 453 g/mol. The Balaban J connectivity index is 1.56.